The van der Waals surface area contributed by atoms with Crippen LogP contribution in [0.3, 0.4) is 0 Å². The largest absolute Gasteiger partial charge is 0.507 e. The van der Waals surface area contributed by atoms with E-state index in [0.717, 1.165) is 83.6 Å². The van der Waals surface area contributed by atoms with Gasteiger partial charge in [-0.25, -0.2) is 4.98 Å². The smallest absolute Gasteiger partial charge is 0.148 e. The molecule has 0 unspecified atom stereocenters. The van der Waals surface area contributed by atoms with Gasteiger partial charge in [0.1, 0.15) is 11.6 Å². The first-order chi connectivity index (χ1) is 31.2. The molecule has 0 fully saturated rings. The standard InChI is InChI=1S/C61H58N3O.Pt/c1-39(2)45-35-51(40(3)4)58(65)53(36-45)59-63-57-50(26-19-27-56(57)64(59)55-29-28-49(61(8,9)60(5,6)7)38-52(55)43-24-17-12-18-25-43)47-32-46(42-22-15-11-16-23-42)33-48(34-47)54-37-44(30-31-62-54)41-20-13-10-14-21-41;/h10-33,35-40,65H,1-9H3;/q-1;. The molecule has 0 radical (unpaired) electrons. The van der Waals surface area contributed by atoms with Gasteiger partial charge in [0.25, 0.3) is 0 Å². The van der Waals surface area contributed by atoms with Crippen LogP contribution in [0.2, 0.25) is 0 Å². The molecular weight excluding hydrogens is 986 g/mol. The van der Waals surface area contributed by atoms with Gasteiger partial charge in [0.05, 0.1) is 22.3 Å². The van der Waals surface area contributed by atoms with Gasteiger partial charge in [-0.2, -0.15) is 0 Å². The number of para-hydroxylation sites is 1. The normalized spacial score (nSPS) is 11.9. The van der Waals surface area contributed by atoms with Gasteiger partial charge in [-0.1, -0.05) is 200 Å². The summed E-state index contributed by atoms with van der Waals surface area (Å²) in [6.07, 6.45) is 1.89. The van der Waals surface area contributed by atoms with E-state index >= 15 is 0 Å². The number of aromatic nitrogens is 3. The van der Waals surface area contributed by atoms with Crippen molar-refractivity contribution in [3.63, 3.8) is 0 Å². The van der Waals surface area contributed by atoms with E-state index in [9.17, 15) is 5.11 Å². The van der Waals surface area contributed by atoms with Gasteiger partial charge in [-0.15, -0.1) is 23.8 Å². The Morgan fingerprint density at radius 2 is 1.17 bits per heavy atom. The molecule has 1 N–H and O–H groups in total. The molecule has 0 amide bonds. The number of hydrogen-bond acceptors (Lipinski definition) is 3. The van der Waals surface area contributed by atoms with Crippen molar-refractivity contribution in [1.29, 1.82) is 0 Å². The summed E-state index contributed by atoms with van der Waals surface area (Å²) in [4.78, 5) is 10.6. The SMILES string of the molecule is CC(C)c1cc(-c2nc3c(-c4[c-]c(-c5cc(-c6ccccc6)ccn5)cc(-c5ccccc5)c4)cccc3n2-c2ccc(C(C)(C)C(C)(C)C)cc2-c2ccccc2)c(O)c(C(C)C)c1.[Pt]. The van der Waals surface area contributed by atoms with Gasteiger partial charge >= 0.3 is 0 Å². The van der Waals surface area contributed by atoms with Gasteiger partial charge in [0.15, 0.2) is 0 Å². The molecule has 0 spiro atoms. The van der Waals surface area contributed by atoms with E-state index in [1.54, 1.807) is 0 Å². The number of pyridine rings is 1. The summed E-state index contributed by atoms with van der Waals surface area (Å²) < 4.78 is 2.28. The van der Waals surface area contributed by atoms with E-state index < -0.39 is 0 Å². The van der Waals surface area contributed by atoms with Crippen LogP contribution >= 0.6 is 0 Å². The number of imidazole rings is 1. The van der Waals surface area contributed by atoms with E-state index in [-0.39, 0.29) is 49.5 Å². The van der Waals surface area contributed by atoms with Crippen molar-refractivity contribution >= 4 is 11.0 Å². The van der Waals surface area contributed by atoms with E-state index in [4.69, 9.17) is 9.97 Å². The Kier molecular flexibility index (Phi) is 12.9. The summed E-state index contributed by atoms with van der Waals surface area (Å²) in [5.41, 5.74) is 16.8. The number of benzene rings is 7. The van der Waals surface area contributed by atoms with Crippen molar-refractivity contribution in [2.75, 3.05) is 0 Å². The van der Waals surface area contributed by atoms with Gasteiger partial charge in [0, 0.05) is 38.5 Å². The van der Waals surface area contributed by atoms with E-state index in [1.807, 2.05) is 12.3 Å². The van der Waals surface area contributed by atoms with Crippen LogP contribution in [0.4, 0.5) is 0 Å². The van der Waals surface area contributed by atoms with Gasteiger partial charge < -0.3 is 5.11 Å². The number of hydrogen-bond donors (Lipinski definition) is 1. The molecule has 4 nitrogen and oxygen atoms in total. The van der Waals surface area contributed by atoms with Gasteiger partial charge in [0.2, 0.25) is 0 Å². The maximum atomic E-state index is 12.4. The van der Waals surface area contributed by atoms with Crippen LogP contribution in [-0.2, 0) is 26.5 Å². The Hall–Kier alpha value is -6.35. The molecule has 9 rings (SSSR count). The second-order valence-electron chi connectivity index (χ2n) is 19.6. The summed E-state index contributed by atoms with van der Waals surface area (Å²) in [7, 11) is 0. The number of aromatic hydroxyl groups is 1. The zero-order chi connectivity index (χ0) is 45.6. The van der Waals surface area contributed by atoms with Crippen molar-refractivity contribution in [3.05, 3.63) is 193 Å². The van der Waals surface area contributed by atoms with Crippen molar-refractivity contribution in [2.45, 2.75) is 79.6 Å². The van der Waals surface area contributed by atoms with Crippen molar-refractivity contribution in [2.24, 2.45) is 5.41 Å². The van der Waals surface area contributed by atoms with E-state index in [1.165, 1.54) is 5.56 Å². The third-order valence-corrected chi connectivity index (χ3v) is 13.7. The summed E-state index contributed by atoms with van der Waals surface area (Å²) in [5.74, 6) is 1.29. The zero-order valence-corrected chi connectivity index (χ0v) is 41.7. The minimum absolute atomic E-state index is 0. The van der Waals surface area contributed by atoms with Crippen LogP contribution in [0.5, 0.6) is 5.75 Å². The number of phenolic OH excluding ortho intramolecular Hbond substituents is 1. The second kappa shape index (κ2) is 18.5. The van der Waals surface area contributed by atoms with Crippen LogP contribution in [0, 0.1) is 11.5 Å². The molecule has 334 valence electrons. The molecular formula is C61H58N3OPt-. The first kappa shape index (κ1) is 46.2. The van der Waals surface area contributed by atoms with Gasteiger partial charge in [-0.05, 0) is 91.9 Å². The molecule has 0 saturated heterocycles. The Morgan fingerprint density at radius 1 is 0.545 bits per heavy atom. The quantitative estimate of drug-likeness (QED) is 0.139. The summed E-state index contributed by atoms with van der Waals surface area (Å²) in [6, 6.07) is 61.7. The van der Waals surface area contributed by atoms with Crippen LogP contribution < -0.4 is 0 Å². The third kappa shape index (κ3) is 8.72. The predicted octanol–water partition coefficient (Wildman–Crippen LogP) is 16.5. The van der Waals surface area contributed by atoms with E-state index in [0.29, 0.717) is 11.4 Å². The minimum Gasteiger partial charge on any atom is -0.507 e. The molecule has 5 heteroatoms. The summed E-state index contributed by atoms with van der Waals surface area (Å²) in [6.45, 7) is 20.3. The predicted molar refractivity (Wildman–Crippen MR) is 273 cm³/mol. The van der Waals surface area contributed by atoms with Crippen LogP contribution in [-0.4, -0.2) is 19.6 Å². The monoisotopic (exact) mass is 1040 g/mol. The molecule has 66 heavy (non-hydrogen) atoms. The van der Waals surface area contributed by atoms with Crippen LogP contribution in [0.15, 0.2) is 170 Å². The molecule has 0 bridgehead atoms. The summed E-state index contributed by atoms with van der Waals surface area (Å²) in [5, 5.41) is 12.4. The van der Waals surface area contributed by atoms with Crippen LogP contribution in [0.25, 0.3) is 83.9 Å². The number of fused-ring (bicyclic) bond motifs is 1. The number of phenols is 1. The molecule has 9 aromatic rings. The third-order valence-electron chi connectivity index (χ3n) is 13.7. The average molecular weight is 1040 g/mol. The fourth-order valence-corrected chi connectivity index (χ4v) is 8.81. The summed E-state index contributed by atoms with van der Waals surface area (Å²) >= 11 is 0. The Labute approximate surface area is 405 Å². The molecule has 0 atom stereocenters. The Morgan fingerprint density at radius 3 is 1.79 bits per heavy atom. The van der Waals surface area contributed by atoms with Gasteiger partial charge in [-0.3, -0.25) is 9.55 Å². The van der Waals surface area contributed by atoms with E-state index in [2.05, 4.69) is 231 Å². The first-order valence-corrected chi connectivity index (χ1v) is 22.9. The molecule has 2 aromatic heterocycles. The topological polar surface area (TPSA) is 50.9 Å². The molecule has 0 aliphatic rings. The number of rotatable bonds is 10. The fraction of sp³-hybridized carbons (Fsp3) is 0.213. The second-order valence-corrected chi connectivity index (χ2v) is 19.6. The minimum atomic E-state index is -0.134. The average Bonchev–Trinajstić information content (AvgIpc) is 3.71. The van der Waals surface area contributed by atoms with Crippen molar-refractivity contribution < 1.29 is 26.2 Å². The molecule has 0 aliphatic carbocycles. The van der Waals surface area contributed by atoms with Crippen molar-refractivity contribution in [3.8, 4) is 78.6 Å². The number of nitrogens with zero attached hydrogens (tertiary/aromatic N) is 3. The Bertz CT molecular complexity index is 3160. The maximum Gasteiger partial charge on any atom is 0.148 e. The maximum absolute atomic E-state index is 12.4. The van der Waals surface area contributed by atoms with Crippen molar-refractivity contribution in [1.82, 2.24) is 14.5 Å². The molecule has 2 heterocycles. The molecule has 0 aliphatic heterocycles. The molecule has 0 saturated carbocycles. The Balaban J connectivity index is 0.00000592. The molecule has 7 aromatic carbocycles. The fourth-order valence-electron chi connectivity index (χ4n) is 8.81. The zero-order valence-electron chi connectivity index (χ0n) is 39.4. The van der Waals surface area contributed by atoms with Crippen LogP contribution in [0.1, 0.15) is 90.8 Å². The first-order valence-electron chi connectivity index (χ1n) is 22.9.